The Morgan fingerprint density at radius 2 is 1.83 bits per heavy atom. The van der Waals surface area contributed by atoms with Crippen LogP contribution in [0.5, 0.6) is 0 Å². The molecule has 3 saturated heterocycles. The van der Waals surface area contributed by atoms with Crippen LogP contribution in [0.3, 0.4) is 0 Å². The number of hydrogen-bond donors (Lipinski definition) is 0. The number of rotatable bonds is 2. The number of carbonyl (C=O) groups excluding carboxylic acids is 2. The van der Waals surface area contributed by atoms with Crippen LogP contribution < -0.4 is 0 Å². The Morgan fingerprint density at radius 3 is 2.57 bits per heavy atom. The fraction of sp³-hybridized carbons (Fsp3) is 0.500. The molecule has 0 amide bonds. The first kappa shape index (κ1) is 14.6. The number of fused-ring (bicyclic) bond motifs is 3. The van der Waals surface area contributed by atoms with Crippen molar-refractivity contribution in [2.75, 3.05) is 0 Å². The highest BCUT2D eigenvalue weighted by molar-refractivity contribution is 5.92. The van der Waals surface area contributed by atoms with E-state index < -0.39 is 48.4 Å². The number of hydrogen-bond acceptors (Lipinski definition) is 7. The molecule has 0 aliphatic carbocycles. The average Bonchev–Trinajstić information content (AvgIpc) is 3.08. The van der Waals surface area contributed by atoms with Gasteiger partial charge in [-0.15, -0.1) is 0 Å². The maximum absolute atomic E-state index is 12.1. The number of esters is 2. The van der Waals surface area contributed by atoms with E-state index in [1.807, 2.05) is 0 Å². The predicted octanol–water partition coefficient (Wildman–Crippen LogP) is 1.01. The second-order valence-corrected chi connectivity index (χ2v) is 6.16. The van der Waals surface area contributed by atoms with Crippen LogP contribution in [0.4, 0.5) is 0 Å². The molecule has 3 fully saturated rings. The van der Waals surface area contributed by atoms with Crippen molar-refractivity contribution in [2.45, 2.75) is 50.3 Å². The zero-order chi connectivity index (χ0) is 16.2. The van der Waals surface area contributed by atoms with Crippen molar-refractivity contribution >= 4 is 11.9 Å². The van der Waals surface area contributed by atoms with E-state index in [1.165, 1.54) is 0 Å². The van der Waals surface area contributed by atoms with Gasteiger partial charge in [0, 0.05) is 0 Å². The molecule has 0 saturated carbocycles. The molecule has 0 aromatic heterocycles. The van der Waals surface area contributed by atoms with Crippen LogP contribution in [0.15, 0.2) is 30.3 Å². The van der Waals surface area contributed by atoms with Crippen molar-refractivity contribution in [3.05, 3.63) is 35.9 Å². The van der Waals surface area contributed by atoms with Gasteiger partial charge in [-0.05, 0) is 26.0 Å². The van der Waals surface area contributed by atoms with E-state index in [2.05, 4.69) is 0 Å². The summed E-state index contributed by atoms with van der Waals surface area (Å²) in [6.45, 7) is 3.51. The smallest absolute Gasteiger partial charge is 0.350 e. The lowest BCUT2D eigenvalue weighted by Crippen LogP contribution is -2.37. The van der Waals surface area contributed by atoms with Crippen LogP contribution in [0.2, 0.25) is 0 Å². The van der Waals surface area contributed by atoms with Crippen molar-refractivity contribution in [3.63, 3.8) is 0 Å². The second kappa shape index (κ2) is 5.02. The minimum Gasteiger partial charge on any atom is -0.454 e. The minimum atomic E-state index is -1.12. The molecular weight excluding hydrogens is 304 g/mol. The molecule has 5 atom stereocenters. The lowest BCUT2D eigenvalue weighted by atomic mass is 10.1. The van der Waals surface area contributed by atoms with E-state index in [4.69, 9.17) is 23.7 Å². The van der Waals surface area contributed by atoms with Crippen LogP contribution in [0, 0.1) is 0 Å². The third kappa shape index (κ3) is 2.41. The standard InChI is InChI=1S/C16H16O7/c1-16(2)22-12-10-9(21-15(12)23-16)11(14(18)19-10)20-13(17)8-6-4-3-5-7-8/h3-7,9-12,15H,1-2H3. The molecule has 4 rings (SSSR count). The molecule has 0 spiro atoms. The molecule has 0 radical (unpaired) electrons. The summed E-state index contributed by atoms with van der Waals surface area (Å²) in [5.41, 5.74) is 0.357. The van der Waals surface area contributed by atoms with Crippen molar-refractivity contribution in [3.8, 4) is 0 Å². The summed E-state index contributed by atoms with van der Waals surface area (Å²) in [6, 6.07) is 8.44. The van der Waals surface area contributed by atoms with Gasteiger partial charge in [0.05, 0.1) is 5.56 Å². The summed E-state index contributed by atoms with van der Waals surface area (Å²) in [5.74, 6) is -2.03. The monoisotopic (exact) mass is 320 g/mol. The fourth-order valence-electron chi connectivity index (χ4n) is 3.09. The SMILES string of the molecule is CC1(C)OC2OC3C(OC(=O)c4ccccc4)C(=O)OC3C2O1. The van der Waals surface area contributed by atoms with Gasteiger partial charge in [-0.25, -0.2) is 9.59 Å². The quantitative estimate of drug-likeness (QED) is 0.752. The van der Waals surface area contributed by atoms with Crippen LogP contribution >= 0.6 is 0 Å². The van der Waals surface area contributed by atoms with Crippen molar-refractivity contribution in [1.29, 1.82) is 0 Å². The van der Waals surface area contributed by atoms with Crippen LogP contribution in [-0.4, -0.2) is 48.4 Å². The topological polar surface area (TPSA) is 80.3 Å². The summed E-state index contributed by atoms with van der Waals surface area (Å²) in [7, 11) is 0. The molecule has 122 valence electrons. The minimum absolute atomic E-state index is 0.357. The van der Waals surface area contributed by atoms with Gasteiger partial charge in [-0.1, -0.05) is 18.2 Å². The Labute approximate surface area is 132 Å². The molecule has 1 aromatic rings. The highest BCUT2D eigenvalue weighted by Gasteiger charge is 2.64. The van der Waals surface area contributed by atoms with Crippen molar-refractivity contribution in [1.82, 2.24) is 0 Å². The van der Waals surface area contributed by atoms with Gasteiger partial charge >= 0.3 is 11.9 Å². The summed E-state index contributed by atoms with van der Waals surface area (Å²) in [4.78, 5) is 24.2. The van der Waals surface area contributed by atoms with E-state index in [9.17, 15) is 9.59 Å². The lowest BCUT2D eigenvalue weighted by molar-refractivity contribution is -0.214. The van der Waals surface area contributed by atoms with E-state index in [1.54, 1.807) is 44.2 Å². The van der Waals surface area contributed by atoms with Crippen LogP contribution in [0.1, 0.15) is 24.2 Å². The number of ether oxygens (including phenoxy) is 5. The van der Waals surface area contributed by atoms with Crippen LogP contribution in [0.25, 0.3) is 0 Å². The second-order valence-electron chi connectivity index (χ2n) is 6.16. The Kier molecular flexibility index (Phi) is 3.19. The fourth-order valence-corrected chi connectivity index (χ4v) is 3.09. The van der Waals surface area contributed by atoms with Crippen LogP contribution in [-0.2, 0) is 28.5 Å². The Bertz CT molecular complexity index is 641. The number of benzene rings is 1. The van der Waals surface area contributed by atoms with Gasteiger partial charge in [-0.3, -0.25) is 0 Å². The largest absolute Gasteiger partial charge is 0.454 e. The molecule has 0 N–H and O–H groups in total. The molecule has 3 aliphatic heterocycles. The number of carbonyl (C=O) groups is 2. The zero-order valence-corrected chi connectivity index (χ0v) is 12.6. The molecule has 7 heteroatoms. The Hall–Kier alpha value is -1.96. The van der Waals surface area contributed by atoms with Gasteiger partial charge in [0.15, 0.2) is 24.3 Å². The highest BCUT2D eigenvalue weighted by atomic mass is 16.8. The summed E-state index contributed by atoms with van der Waals surface area (Å²) in [6.07, 6.45) is -3.62. The molecule has 1 aromatic carbocycles. The summed E-state index contributed by atoms with van der Waals surface area (Å²) in [5, 5.41) is 0. The molecule has 7 nitrogen and oxygen atoms in total. The summed E-state index contributed by atoms with van der Waals surface area (Å²) >= 11 is 0. The first-order valence-electron chi connectivity index (χ1n) is 7.42. The highest BCUT2D eigenvalue weighted by Crippen LogP contribution is 2.43. The Balaban J connectivity index is 1.49. The third-order valence-electron chi connectivity index (χ3n) is 4.05. The van der Waals surface area contributed by atoms with E-state index in [-0.39, 0.29) is 0 Å². The van der Waals surface area contributed by atoms with E-state index in [0.717, 1.165) is 0 Å². The third-order valence-corrected chi connectivity index (χ3v) is 4.05. The van der Waals surface area contributed by atoms with Crippen molar-refractivity contribution in [2.24, 2.45) is 0 Å². The molecule has 3 aliphatic rings. The molecule has 0 bridgehead atoms. The maximum Gasteiger partial charge on any atom is 0.350 e. The zero-order valence-electron chi connectivity index (χ0n) is 12.6. The van der Waals surface area contributed by atoms with E-state index in [0.29, 0.717) is 5.56 Å². The average molecular weight is 320 g/mol. The van der Waals surface area contributed by atoms with Gasteiger partial charge in [0.25, 0.3) is 0 Å². The molecule has 3 heterocycles. The van der Waals surface area contributed by atoms with Gasteiger partial charge in [0.1, 0.15) is 6.10 Å². The van der Waals surface area contributed by atoms with Crippen molar-refractivity contribution < 1.29 is 33.3 Å². The van der Waals surface area contributed by atoms with E-state index >= 15 is 0 Å². The summed E-state index contributed by atoms with van der Waals surface area (Å²) < 4.78 is 27.6. The Morgan fingerprint density at radius 1 is 1.09 bits per heavy atom. The molecular formula is C16H16O7. The lowest BCUT2D eigenvalue weighted by Gasteiger charge is -2.21. The molecule has 5 unspecified atom stereocenters. The first-order chi connectivity index (χ1) is 10.9. The predicted molar refractivity (Wildman–Crippen MR) is 74.2 cm³/mol. The maximum atomic E-state index is 12.1. The van der Waals surface area contributed by atoms with Gasteiger partial charge < -0.3 is 23.7 Å². The molecule has 23 heavy (non-hydrogen) atoms. The first-order valence-corrected chi connectivity index (χ1v) is 7.42. The van der Waals surface area contributed by atoms with Gasteiger partial charge in [-0.2, -0.15) is 0 Å². The normalized spacial score (nSPS) is 37.1. The van der Waals surface area contributed by atoms with Gasteiger partial charge in [0.2, 0.25) is 6.10 Å².